The maximum absolute atomic E-state index is 12.3. The van der Waals surface area contributed by atoms with Gasteiger partial charge in [0.2, 0.25) is 0 Å². The third kappa shape index (κ3) is 4.75. The molecule has 0 saturated heterocycles. The molecular formula is C11H14ClNO3S. The number of nitrogens with zero attached hydrogens (tertiary/aromatic N) is 1. The Morgan fingerprint density at radius 1 is 1.53 bits per heavy atom. The van der Waals surface area contributed by atoms with Crippen LogP contribution in [-0.4, -0.2) is 27.6 Å². The highest BCUT2D eigenvalue weighted by Crippen LogP contribution is 2.15. The van der Waals surface area contributed by atoms with Gasteiger partial charge in [0.05, 0.1) is 15.5 Å². The molecule has 1 N–H and O–H groups in total. The molecule has 1 aromatic carbocycles. The number of rotatable bonds is 5. The van der Waals surface area contributed by atoms with Crippen molar-refractivity contribution in [3.63, 3.8) is 0 Å². The maximum atomic E-state index is 12.3. The highest BCUT2D eigenvalue weighted by Gasteiger charge is 2.14. The number of carbonyl (C=O) groups is 1. The minimum absolute atomic E-state index is 0.119. The second-order valence-electron chi connectivity index (χ2n) is 3.53. The zero-order chi connectivity index (χ0) is 12.9. The zero-order valence-electron chi connectivity index (χ0n) is 9.43. The van der Waals surface area contributed by atoms with Crippen LogP contribution in [0.25, 0.3) is 0 Å². The monoisotopic (exact) mass is 275 g/mol. The molecule has 0 saturated carbocycles. The van der Waals surface area contributed by atoms with E-state index >= 15 is 0 Å². The molecule has 0 heterocycles. The Balaban J connectivity index is 2.99. The molecule has 17 heavy (non-hydrogen) atoms. The number of hydrogen-bond acceptors (Lipinski definition) is 3. The van der Waals surface area contributed by atoms with Gasteiger partial charge in [0.1, 0.15) is 5.75 Å². The first-order valence-corrected chi connectivity index (χ1v) is 7.33. The fourth-order valence-electron chi connectivity index (χ4n) is 1.46. The first-order valence-electron chi connectivity index (χ1n) is 5.10. The van der Waals surface area contributed by atoms with E-state index in [1.54, 1.807) is 31.2 Å². The summed E-state index contributed by atoms with van der Waals surface area (Å²) in [6, 6.07) is 6.89. The summed E-state index contributed by atoms with van der Waals surface area (Å²) in [5, 5.41) is 9.28. The van der Waals surface area contributed by atoms with E-state index in [0.29, 0.717) is 11.6 Å². The largest absolute Gasteiger partial charge is 0.481 e. The van der Waals surface area contributed by atoms with Crippen LogP contribution in [0.5, 0.6) is 0 Å². The van der Waals surface area contributed by atoms with Crippen molar-refractivity contribution in [2.75, 3.05) is 12.3 Å². The molecule has 1 unspecified atom stereocenters. The standard InChI is InChI=1S/C11H14ClNO3S/c1-2-13-17(16,8-11(14)15)7-9-4-3-5-10(12)6-9/h3-6H,2,7-8H2,1H3,(H,14,15). The molecule has 0 bridgehead atoms. The number of halogens is 1. The third-order valence-corrected chi connectivity index (χ3v) is 4.44. The van der Waals surface area contributed by atoms with E-state index in [1.165, 1.54) is 0 Å². The highest BCUT2D eigenvalue weighted by atomic mass is 35.5. The van der Waals surface area contributed by atoms with Crippen molar-refractivity contribution in [2.45, 2.75) is 12.7 Å². The minimum atomic E-state index is -2.74. The van der Waals surface area contributed by atoms with Crippen LogP contribution in [-0.2, 0) is 20.3 Å². The Labute approximate surface area is 106 Å². The topological polar surface area (TPSA) is 66.7 Å². The summed E-state index contributed by atoms with van der Waals surface area (Å²) >= 11 is 5.82. The molecule has 94 valence electrons. The molecule has 0 aliphatic heterocycles. The SMILES string of the molecule is CCN=S(=O)(CC(=O)O)Cc1cccc(Cl)c1. The van der Waals surface area contributed by atoms with Gasteiger partial charge in [-0.1, -0.05) is 23.7 Å². The Hall–Kier alpha value is -1.07. The molecule has 0 spiro atoms. The van der Waals surface area contributed by atoms with Gasteiger partial charge in [-0.2, -0.15) is 0 Å². The average molecular weight is 276 g/mol. The predicted molar refractivity (Wildman–Crippen MR) is 68.8 cm³/mol. The molecule has 0 aliphatic rings. The van der Waals surface area contributed by atoms with Crippen molar-refractivity contribution < 1.29 is 14.1 Å². The zero-order valence-corrected chi connectivity index (χ0v) is 11.0. The first kappa shape index (κ1) is 14.0. The van der Waals surface area contributed by atoms with Crippen molar-refractivity contribution in [3.8, 4) is 0 Å². The van der Waals surface area contributed by atoms with Crippen LogP contribution in [0.4, 0.5) is 0 Å². The number of carboxylic acid groups (broad SMARTS) is 1. The Kier molecular flexibility index (Phi) is 4.96. The molecule has 1 rings (SSSR count). The second-order valence-corrected chi connectivity index (χ2v) is 6.35. The fraction of sp³-hybridized carbons (Fsp3) is 0.364. The van der Waals surface area contributed by atoms with Crippen LogP contribution < -0.4 is 0 Å². The summed E-state index contributed by atoms with van der Waals surface area (Å²) in [5.74, 6) is -1.42. The van der Waals surface area contributed by atoms with E-state index < -0.39 is 21.5 Å². The van der Waals surface area contributed by atoms with Gasteiger partial charge in [0.15, 0.2) is 0 Å². The molecule has 0 amide bonds. The summed E-state index contributed by atoms with van der Waals surface area (Å²) in [6.45, 7) is 2.08. The summed E-state index contributed by atoms with van der Waals surface area (Å²) in [6.07, 6.45) is 0. The van der Waals surface area contributed by atoms with Crippen molar-refractivity contribution in [3.05, 3.63) is 34.9 Å². The van der Waals surface area contributed by atoms with E-state index in [0.717, 1.165) is 5.56 Å². The Morgan fingerprint density at radius 2 is 2.24 bits per heavy atom. The second kappa shape index (κ2) is 6.02. The van der Waals surface area contributed by atoms with Gasteiger partial charge in [0.25, 0.3) is 0 Å². The van der Waals surface area contributed by atoms with Crippen molar-refractivity contribution >= 4 is 27.3 Å². The smallest absolute Gasteiger partial charge is 0.317 e. The van der Waals surface area contributed by atoms with Gasteiger partial charge in [-0.05, 0) is 24.6 Å². The van der Waals surface area contributed by atoms with E-state index in [-0.39, 0.29) is 5.75 Å². The molecule has 6 heteroatoms. The predicted octanol–water partition coefficient (Wildman–Crippen LogP) is 2.41. The van der Waals surface area contributed by atoms with Crippen molar-refractivity contribution in [2.24, 2.45) is 4.36 Å². The number of carboxylic acids is 1. The van der Waals surface area contributed by atoms with Crippen LogP contribution >= 0.6 is 11.6 Å². The van der Waals surface area contributed by atoms with E-state index in [4.69, 9.17) is 16.7 Å². The molecule has 1 atom stereocenters. The first-order chi connectivity index (χ1) is 7.95. The van der Waals surface area contributed by atoms with Gasteiger partial charge in [-0.15, -0.1) is 0 Å². The summed E-state index contributed by atoms with van der Waals surface area (Å²) in [4.78, 5) is 10.7. The van der Waals surface area contributed by atoms with Gasteiger partial charge >= 0.3 is 5.97 Å². The van der Waals surface area contributed by atoms with Gasteiger partial charge < -0.3 is 5.11 Å². The van der Waals surface area contributed by atoms with Crippen molar-refractivity contribution in [1.82, 2.24) is 0 Å². The van der Waals surface area contributed by atoms with E-state index in [1.807, 2.05) is 0 Å². The lowest BCUT2D eigenvalue weighted by atomic mass is 10.2. The summed E-state index contributed by atoms with van der Waals surface area (Å²) in [5.41, 5.74) is 0.737. The van der Waals surface area contributed by atoms with Gasteiger partial charge in [-0.3, -0.25) is 4.79 Å². The van der Waals surface area contributed by atoms with Crippen LogP contribution in [0.1, 0.15) is 12.5 Å². The van der Waals surface area contributed by atoms with E-state index in [9.17, 15) is 9.00 Å². The fourth-order valence-corrected chi connectivity index (χ4v) is 3.51. The third-order valence-electron chi connectivity index (χ3n) is 1.99. The van der Waals surface area contributed by atoms with E-state index in [2.05, 4.69) is 4.36 Å². The summed E-state index contributed by atoms with van der Waals surface area (Å²) in [7, 11) is -2.74. The molecule has 0 radical (unpaired) electrons. The molecule has 1 aromatic rings. The average Bonchev–Trinajstić information content (AvgIpc) is 2.15. The minimum Gasteiger partial charge on any atom is -0.481 e. The lowest BCUT2D eigenvalue weighted by Gasteiger charge is -2.08. The van der Waals surface area contributed by atoms with Crippen LogP contribution in [0, 0.1) is 0 Å². The maximum Gasteiger partial charge on any atom is 0.317 e. The quantitative estimate of drug-likeness (QED) is 0.897. The number of hydrogen-bond donors (Lipinski definition) is 1. The van der Waals surface area contributed by atoms with Crippen LogP contribution in [0.2, 0.25) is 5.02 Å². The lowest BCUT2D eigenvalue weighted by Crippen LogP contribution is -2.17. The normalized spacial score (nSPS) is 14.0. The number of benzene rings is 1. The van der Waals surface area contributed by atoms with Crippen LogP contribution in [0.3, 0.4) is 0 Å². The summed E-state index contributed by atoms with van der Waals surface area (Å²) < 4.78 is 16.2. The highest BCUT2D eigenvalue weighted by molar-refractivity contribution is 7.93. The number of aliphatic carboxylic acids is 1. The Bertz CT molecular complexity index is 521. The molecule has 0 aliphatic carbocycles. The van der Waals surface area contributed by atoms with Crippen LogP contribution in [0.15, 0.2) is 28.6 Å². The van der Waals surface area contributed by atoms with Gasteiger partial charge in [0, 0.05) is 11.6 Å². The lowest BCUT2D eigenvalue weighted by molar-refractivity contribution is -0.134. The van der Waals surface area contributed by atoms with Crippen molar-refractivity contribution in [1.29, 1.82) is 0 Å². The molecular weight excluding hydrogens is 262 g/mol. The molecule has 0 fully saturated rings. The van der Waals surface area contributed by atoms with Gasteiger partial charge in [-0.25, -0.2) is 8.57 Å². The molecule has 4 nitrogen and oxygen atoms in total. The molecule has 0 aromatic heterocycles. The Morgan fingerprint density at radius 3 is 2.76 bits per heavy atom.